The van der Waals surface area contributed by atoms with E-state index in [1.54, 1.807) is 0 Å². The molecule has 17 heavy (non-hydrogen) atoms. The van der Waals surface area contributed by atoms with Crippen molar-refractivity contribution in [3.05, 3.63) is 35.9 Å². The van der Waals surface area contributed by atoms with Crippen LogP contribution < -0.4 is 0 Å². The van der Waals surface area contributed by atoms with Gasteiger partial charge in [-0.1, -0.05) is 43.2 Å². The van der Waals surface area contributed by atoms with Crippen LogP contribution in [0.2, 0.25) is 0 Å². The van der Waals surface area contributed by atoms with Crippen molar-refractivity contribution in [3.8, 4) is 6.07 Å². The van der Waals surface area contributed by atoms with Gasteiger partial charge < -0.3 is 0 Å². The van der Waals surface area contributed by atoms with Crippen LogP contribution in [0.5, 0.6) is 0 Å². The Morgan fingerprint density at radius 1 is 1.18 bits per heavy atom. The van der Waals surface area contributed by atoms with Crippen LogP contribution in [0.15, 0.2) is 40.6 Å². The first-order valence-corrected chi connectivity index (χ1v) is 6.25. The Balaban J connectivity index is 2.04. The number of rotatable bonds is 1. The molecule has 0 amide bonds. The molecule has 2 aliphatic rings. The van der Waals surface area contributed by atoms with Gasteiger partial charge in [0.1, 0.15) is 6.07 Å². The minimum absolute atomic E-state index is 0.267. The van der Waals surface area contributed by atoms with Crippen molar-refractivity contribution in [3.63, 3.8) is 0 Å². The predicted octanol–water partition coefficient (Wildman–Crippen LogP) is 3.43. The molecule has 0 radical (unpaired) electrons. The van der Waals surface area contributed by atoms with E-state index in [9.17, 15) is 5.26 Å². The van der Waals surface area contributed by atoms with Crippen molar-refractivity contribution in [2.24, 2.45) is 16.1 Å². The molecular weight excluding hydrogens is 210 g/mol. The van der Waals surface area contributed by atoms with E-state index in [0.717, 1.165) is 18.4 Å². The highest BCUT2D eigenvalue weighted by molar-refractivity contribution is 5.35. The Morgan fingerprint density at radius 3 is 2.71 bits per heavy atom. The molecule has 1 heterocycles. The summed E-state index contributed by atoms with van der Waals surface area (Å²) in [6, 6.07) is 12.6. The molecular formula is C14H15N3. The number of benzene rings is 1. The maximum Gasteiger partial charge on any atom is 0.197 e. The van der Waals surface area contributed by atoms with Crippen LogP contribution in [-0.2, 0) is 5.54 Å². The molecule has 1 saturated carbocycles. The third-order valence-electron chi connectivity index (χ3n) is 4.01. The third kappa shape index (κ3) is 1.48. The van der Waals surface area contributed by atoms with Gasteiger partial charge in [-0.05, 0) is 18.4 Å². The summed E-state index contributed by atoms with van der Waals surface area (Å²) in [7, 11) is 0. The van der Waals surface area contributed by atoms with Crippen molar-refractivity contribution in [1.82, 2.24) is 0 Å². The number of azo groups is 1. The van der Waals surface area contributed by atoms with Crippen molar-refractivity contribution >= 4 is 0 Å². The normalized spacial score (nSPS) is 35.2. The van der Waals surface area contributed by atoms with Crippen LogP contribution in [-0.4, -0.2) is 6.04 Å². The molecule has 3 nitrogen and oxygen atoms in total. The Kier molecular flexibility index (Phi) is 2.44. The van der Waals surface area contributed by atoms with Gasteiger partial charge in [-0.25, -0.2) is 0 Å². The summed E-state index contributed by atoms with van der Waals surface area (Å²) in [6.07, 6.45) is 4.57. The van der Waals surface area contributed by atoms with E-state index in [2.05, 4.69) is 16.3 Å². The first-order valence-electron chi connectivity index (χ1n) is 6.25. The second-order valence-corrected chi connectivity index (χ2v) is 4.92. The fourth-order valence-corrected chi connectivity index (χ4v) is 3.11. The Bertz CT molecular complexity index is 474. The zero-order chi connectivity index (χ0) is 11.7. The topological polar surface area (TPSA) is 48.5 Å². The van der Waals surface area contributed by atoms with Crippen molar-refractivity contribution in [2.75, 3.05) is 0 Å². The summed E-state index contributed by atoms with van der Waals surface area (Å²) in [5.41, 5.74) is 0.285. The van der Waals surface area contributed by atoms with E-state index >= 15 is 0 Å². The van der Waals surface area contributed by atoms with Gasteiger partial charge >= 0.3 is 0 Å². The Morgan fingerprint density at radius 2 is 1.94 bits per heavy atom. The van der Waals surface area contributed by atoms with E-state index < -0.39 is 5.54 Å². The smallest absolute Gasteiger partial charge is 0.195 e. The number of fused-ring (bicyclic) bond motifs is 1. The van der Waals surface area contributed by atoms with Gasteiger partial charge in [0.25, 0.3) is 0 Å². The van der Waals surface area contributed by atoms with Crippen LogP contribution in [0.25, 0.3) is 0 Å². The Labute approximate surface area is 101 Å². The summed E-state index contributed by atoms with van der Waals surface area (Å²) in [6.45, 7) is 0. The van der Waals surface area contributed by atoms with Gasteiger partial charge in [0.15, 0.2) is 5.54 Å². The summed E-state index contributed by atoms with van der Waals surface area (Å²) in [5, 5.41) is 18.3. The first-order chi connectivity index (χ1) is 8.37. The lowest BCUT2D eigenvalue weighted by atomic mass is 9.71. The fraction of sp³-hybridized carbons (Fsp3) is 0.500. The molecule has 86 valence electrons. The molecule has 0 N–H and O–H groups in total. The average molecular weight is 225 g/mol. The van der Waals surface area contributed by atoms with Crippen LogP contribution in [0.1, 0.15) is 31.2 Å². The lowest BCUT2D eigenvalue weighted by Crippen LogP contribution is -2.35. The van der Waals surface area contributed by atoms with Crippen LogP contribution in [0, 0.1) is 17.2 Å². The molecule has 1 aromatic carbocycles. The van der Waals surface area contributed by atoms with Gasteiger partial charge in [0.2, 0.25) is 0 Å². The van der Waals surface area contributed by atoms with E-state index in [0.29, 0.717) is 0 Å². The fourth-order valence-electron chi connectivity index (χ4n) is 3.11. The quantitative estimate of drug-likeness (QED) is 0.722. The lowest BCUT2D eigenvalue weighted by Gasteiger charge is -2.31. The maximum atomic E-state index is 9.61. The highest BCUT2D eigenvalue weighted by Crippen LogP contribution is 2.47. The van der Waals surface area contributed by atoms with E-state index in [4.69, 9.17) is 0 Å². The van der Waals surface area contributed by atoms with Gasteiger partial charge in [0.05, 0.1) is 6.04 Å². The minimum Gasteiger partial charge on any atom is -0.195 e. The van der Waals surface area contributed by atoms with E-state index in [1.165, 1.54) is 12.8 Å². The summed E-state index contributed by atoms with van der Waals surface area (Å²) in [4.78, 5) is 0. The Hall–Kier alpha value is -1.69. The largest absolute Gasteiger partial charge is 0.197 e. The number of nitriles is 1. The van der Waals surface area contributed by atoms with Crippen LogP contribution >= 0.6 is 0 Å². The van der Waals surface area contributed by atoms with Crippen LogP contribution in [0.4, 0.5) is 0 Å². The monoisotopic (exact) mass is 225 g/mol. The molecule has 1 aliphatic carbocycles. The van der Waals surface area contributed by atoms with Gasteiger partial charge in [0, 0.05) is 5.92 Å². The molecule has 0 bridgehead atoms. The molecule has 3 heteroatoms. The zero-order valence-corrected chi connectivity index (χ0v) is 9.71. The summed E-state index contributed by atoms with van der Waals surface area (Å²) >= 11 is 0. The highest BCUT2D eigenvalue weighted by atomic mass is 15.2. The molecule has 0 aromatic heterocycles. The van der Waals surface area contributed by atoms with Crippen LogP contribution in [0.3, 0.4) is 0 Å². The second kappa shape index (κ2) is 3.96. The standard InChI is InChI=1S/C14H15N3/c15-10-14(11-6-2-1-3-7-11)12-8-4-5-9-13(12)16-17-14/h1-3,6-7,12-13H,4-5,8-9H2/t12-,13-,14+/m0/s1. The zero-order valence-electron chi connectivity index (χ0n) is 9.71. The number of nitrogens with zero attached hydrogens (tertiary/aromatic N) is 3. The number of hydrogen-bond acceptors (Lipinski definition) is 3. The summed E-state index contributed by atoms with van der Waals surface area (Å²) < 4.78 is 0. The highest BCUT2D eigenvalue weighted by Gasteiger charge is 2.50. The minimum atomic E-state index is -0.716. The van der Waals surface area contributed by atoms with Crippen molar-refractivity contribution in [2.45, 2.75) is 37.3 Å². The molecule has 1 aromatic rings. The maximum absolute atomic E-state index is 9.61. The van der Waals surface area contributed by atoms with Gasteiger partial charge in [-0.3, -0.25) is 0 Å². The number of hydrogen-bond donors (Lipinski definition) is 0. The predicted molar refractivity (Wildman–Crippen MR) is 64.3 cm³/mol. The average Bonchev–Trinajstić information content (AvgIpc) is 2.80. The van der Waals surface area contributed by atoms with Crippen molar-refractivity contribution < 1.29 is 0 Å². The molecule has 1 aliphatic heterocycles. The van der Waals surface area contributed by atoms with E-state index in [1.807, 2.05) is 30.3 Å². The molecule has 0 unspecified atom stereocenters. The molecule has 1 fully saturated rings. The third-order valence-corrected chi connectivity index (χ3v) is 4.01. The van der Waals surface area contributed by atoms with E-state index in [-0.39, 0.29) is 12.0 Å². The van der Waals surface area contributed by atoms with Crippen molar-refractivity contribution in [1.29, 1.82) is 5.26 Å². The molecule has 3 atom stereocenters. The van der Waals surface area contributed by atoms with Gasteiger partial charge in [-0.15, -0.1) is 0 Å². The molecule has 0 spiro atoms. The SMILES string of the molecule is N#C[C@]1(c2ccccc2)N=N[C@H]2CCCC[C@@H]21. The first kappa shape index (κ1) is 10.5. The molecule has 0 saturated heterocycles. The second-order valence-electron chi connectivity index (χ2n) is 4.92. The molecule has 3 rings (SSSR count). The summed E-state index contributed by atoms with van der Waals surface area (Å²) in [5.74, 6) is 0.281. The lowest BCUT2D eigenvalue weighted by molar-refractivity contribution is 0.268. The van der Waals surface area contributed by atoms with Gasteiger partial charge in [-0.2, -0.15) is 15.5 Å².